The van der Waals surface area contributed by atoms with E-state index in [0.717, 1.165) is 52.1 Å². The van der Waals surface area contributed by atoms with E-state index < -0.39 is 0 Å². The van der Waals surface area contributed by atoms with Crippen LogP contribution in [0.3, 0.4) is 0 Å². The van der Waals surface area contributed by atoms with Crippen LogP contribution < -0.4 is 16.0 Å². The zero-order chi connectivity index (χ0) is 19.6. The molecule has 2 aromatic rings. The summed E-state index contributed by atoms with van der Waals surface area (Å²) in [6.45, 7) is 0.559. The minimum absolute atomic E-state index is 0.0919. The van der Waals surface area contributed by atoms with Crippen molar-refractivity contribution in [1.82, 2.24) is 5.32 Å². The number of carbonyl (C=O) groups is 1. The van der Waals surface area contributed by atoms with Crippen molar-refractivity contribution in [3.63, 3.8) is 0 Å². The summed E-state index contributed by atoms with van der Waals surface area (Å²) in [7, 11) is 1.66. The third-order valence-corrected chi connectivity index (χ3v) is 6.48. The zero-order valence-electron chi connectivity index (χ0n) is 15.7. The number of rotatable bonds is 3. The zero-order valence-corrected chi connectivity index (χ0v) is 17.3. The lowest BCUT2D eigenvalue weighted by Crippen LogP contribution is -2.55. The van der Waals surface area contributed by atoms with Crippen LogP contribution in [-0.4, -0.2) is 35.8 Å². The first-order chi connectivity index (χ1) is 13.6. The number of fused-ring (bicyclic) bond motifs is 1. The number of hydrogen-bond donors (Lipinski definition) is 3. The summed E-state index contributed by atoms with van der Waals surface area (Å²) in [5, 5.41) is 10.7. The Balaban J connectivity index is 1.72. The number of aliphatic imine (C=N–C) groups is 1. The maximum atomic E-state index is 12.4. The van der Waals surface area contributed by atoms with Crippen LogP contribution in [0.5, 0.6) is 0 Å². The number of anilines is 2. The minimum Gasteiger partial charge on any atom is -0.370 e. The number of benzene rings is 2. The fraction of sp³-hybridized carbons (Fsp3) is 0.333. The molecule has 1 spiro atoms. The van der Waals surface area contributed by atoms with Gasteiger partial charge >= 0.3 is 0 Å². The van der Waals surface area contributed by atoms with Crippen LogP contribution in [0.25, 0.3) is 0 Å². The van der Waals surface area contributed by atoms with Gasteiger partial charge in [0.15, 0.2) is 0 Å². The number of carbonyl (C=O) groups excluding carboxylic acids is 1. The number of amidine groups is 1. The summed E-state index contributed by atoms with van der Waals surface area (Å²) >= 11 is 8.08. The van der Waals surface area contributed by atoms with E-state index in [2.05, 4.69) is 16.0 Å². The summed E-state index contributed by atoms with van der Waals surface area (Å²) in [4.78, 5) is 17.3. The minimum atomic E-state index is -0.277. The molecule has 1 saturated heterocycles. The number of para-hydroxylation sites is 1. The van der Waals surface area contributed by atoms with Crippen LogP contribution in [0.4, 0.5) is 11.4 Å². The van der Waals surface area contributed by atoms with Gasteiger partial charge in [0.05, 0.1) is 29.0 Å². The van der Waals surface area contributed by atoms with Crippen LogP contribution in [0.2, 0.25) is 5.02 Å². The van der Waals surface area contributed by atoms with Crippen LogP contribution in [-0.2, 0) is 6.54 Å². The maximum absolute atomic E-state index is 12.4. The lowest BCUT2D eigenvalue weighted by Gasteiger charge is -2.44. The van der Waals surface area contributed by atoms with E-state index in [1.54, 1.807) is 7.05 Å². The molecule has 1 amide bonds. The summed E-state index contributed by atoms with van der Waals surface area (Å²) < 4.78 is 0. The Kier molecular flexibility index (Phi) is 5.51. The predicted molar refractivity (Wildman–Crippen MR) is 119 cm³/mol. The van der Waals surface area contributed by atoms with E-state index in [1.165, 1.54) is 0 Å². The molecule has 0 saturated carbocycles. The third-order valence-electron chi connectivity index (χ3n) is 5.26. The van der Waals surface area contributed by atoms with Gasteiger partial charge in [-0.1, -0.05) is 29.8 Å². The molecule has 0 aliphatic carbocycles. The molecule has 3 N–H and O–H groups in total. The molecule has 2 aliphatic rings. The Labute approximate surface area is 174 Å². The second-order valence-electron chi connectivity index (χ2n) is 7.05. The van der Waals surface area contributed by atoms with Crippen LogP contribution in [0.15, 0.2) is 47.5 Å². The lowest BCUT2D eigenvalue weighted by atomic mass is 9.87. The van der Waals surface area contributed by atoms with E-state index >= 15 is 0 Å². The summed E-state index contributed by atoms with van der Waals surface area (Å²) in [6, 6.07) is 13.5. The first-order valence-electron chi connectivity index (χ1n) is 9.39. The third kappa shape index (κ3) is 3.71. The SMILES string of the molecule is CNC(=O)c1cccc2c1NC1(CCSCC1)C(=NCc1cccc(Cl)c1)N2. The van der Waals surface area contributed by atoms with E-state index in [-0.39, 0.29) is 11.4 Å². The molecule has 146 valence electrons. The maximum Gasteiger partial charge on any atom is 0.253 e. The van der Waals surface area contributed by atoms with E-state index in [0.29, 0.717) is 12.1 Å². The Morgan fingerprint density at radius 1 is 1.25 bits per heavy atom. The summed E-state index contributed by atoms with van der Waals surface area (Å²) in [5.41, 5.74) is 3.19. The number of nitrogens with one attached hydrogen (secondary N) is 3. The Morgan fingerprint density at radius 2 is 2.04 bits per heavy atom. The molecule has 0 aromatic heterocycles. The van der Waals surface area contributed by atoms with Crippen molar-refractivity contribution in [2.45, 2.75) is 24.9 Å². The van der Waals surface area contributed by atoms with Crippen LogP contribution >= 0.6 is 23.4 Å². The molecule has 2 aliphatic heterocycles. The molecule has 0 atom stereocenters. The van der Waals surface area contributed by atoms with E-state index in [4.69, 9.17) is 16.6 Å². The average molecular weight is 415 g/mol. The largest absolute Gasteiger partial charge is 0.370 e. The average Bonchev–Trinajstić information content (AvgIpc) is 2.72. The summed E-state index contributed by atoms with van der Waals surface area (Å²) in [5.74, 6) is 2.96. The van der Waals surface area contributed by atoms with Crippen molar-refractivity contribution >= 4 is 46.5 Å². The molecule has 7 heteroatoms. The number of nitrogens with zero attached hydrogens (tertiary/aromatic N) is 1. The molecule has 2 heterocycles. The molecule has 28 heavy (non-hydrogen) atoms. The topological polar surface area (TPSA) is 65.5 Å². The highest BCUT2D eigenvalue weighted by molar-refractivity contribution is 7.99. The fourth-order valence-electron chi connectivity index (χ4n) is 3.74. The van der Waals surface area contributed by atoms with Crippen molar-refractivity contribution in [3.8, 4) is 0 Å². The van der Waals surface area contributed by atoms with Gasteiger partial charge in [0.1, 0.15) is 5.84 Å². The molecular weight excluding hydrogens is 392 g/mol. The smallest absolute Gasteiger partial charge is 0.253 e. The van der Waals surface area contributed by atoms with Gasteiger partial charge in [0, 0.05) is 12.1 Å². The van der Waals surface area contributed by atoms with Crippen LogP contribution in [0, 0.1) is 0 Å². The van der Waals surface area contributed by atoms with Crippen molar-refractivity contribution in [2.75, 3.05) is 29.2 Å². The van der Waals surface area contributed by atoms with Crippen molar-refractivity contribution in [1.29, 1.82) is 0 Å². The van der Waals surface area contributed by atoms with Gasteiger partial charge < -0.3 is 16.0 Å². The molecule has 2 aromatic carbocycles. The van der Waals surface area contributed by atoms with Crippen molar-refractivity contribution in [3.05, 3.63) is 58.6 Å². The van der Waals surface area contributed by atoms with Crippen molar-refractivity contribution < 1.29 is 4.79 Å². The Morgan fingerprint density at radius 3 is 2.79 bits per heavy atom. The van der Waals surface area contributed by atoms with Gasteiger partial charge in [0.25, 0.3) is 5.91 Å². The van der Waals surface area contributed by atoms with E-state index in [9.17, 15) is 4.79 Å². The van der Waals surface area contributed by atoms with Gasteiger partial charge in [0.2, 0.25) is 0 Å². The molecular formula is C21H23ClN4OS. The highest BCUT2D eigenvalue weighted by Crippen LogP contribution is 2.40. The molecule has 0 bridgehead atoms. The molecule has 0 unspecified atom stereocenters. The van der Waals surface area contributed by atoms with Crippen molar-refractivity contribution in [2.24, 2.45) is 4.99 Å². The highest BCUT2D eigenvalue weighted by Gasteiger charge is 2.42. The van der Waals surface area contributed by atoms with Gasteiger partial charge in [-0.2, -0.15) is 11.8 Å². The standard InChI is InChI=1S/C21H23ClN4OS/c1-23-19(27)16-6-3-7-17-18(16)26-21(8-10-28-11-9-21)20(25-17)24-13-14-4-2-5-15(22)12-14/h2-7,12,26H,8-11,13H2,1H3,(H,23,27)(H,24,25). The quantitative estimate of drug-likeness (QED) is 0.696. The number of thioether (sulfide) groups is 1. The number of amides is 1. The molecule has 0 radical (unpaired) electrons. The molecule has 5 nitrogen and oxygen atoms in total. The Bertz CT molecular complexity index is 924. The van der Waals surface area contributed by atoms with Gasteiger partial charge in [-0.05, 0) is 54.2 Å². The first-order valence-corrected chi connectivity index (χ1v) is 10.9. The molecule has 1 fully saturated rings. The van der Waals surface area contributed by atoms with Gasteiger partial charge in [-0.15, -0.1) is 0 Å². The predicted octanol–water partition coefficient (Wildman–Crippen LogP) is 4.40. The normalized spacial score (nSPS) is 18.9. The van der Waals surface area contributed by atoms with Gasteiger partial charge in [-0.25, -0.2) is 0 Å². The number of hydrogen-bond acceptors (Lipinski definition) is 4. The monoisotopic (exact) mass is 414 g/mol. The molecule has 4 rings (SSSR count). The fourth-order valence-corrected chi connectivity index (χ4v) is 5.14. The highest BCUT2D eigenvalue weighted by atomic mass is 35.5. The van der Waals surface area contributed by atoms with Crippen LogP contribution in [0.1, 0.15) is 28.8 Å². The van der Waals surface area contributed by atoms with E-state index in [1.807, 2.05) is 54.2 Å². The lowest BCUT2D eigenvalue weighted by molar-refractivity contribution is 0.0964. The first kappa shape index (κ1) is 19.2. The second kappa shape index (κ2) is 8.05. The van der Waals surface area contributed by atoms with Gasteiger partial charge in [-0.3, -0.25) is 9.79 Å². The Hall–Kier alpha value is -2.18. The second-order valence-corrected chi connectivity index (χ2v) is 8.71. The number of halogens is 1. The summed E-state index contributed by atoms with van der Waals surface area (Å²) in [6.07, 6.45) is 1.92.